The Morgan fingerprint density at radius 3 is 1.60 bits per heavy atom. The summed E-state index contributed by atoms with van der Waals surface area (Å²) in [7, 11) is 2.10. The van der Waals surface area contributed by atoms with Gasteiger partial charge in [-0.3, -0.25) is 14.4 Å². The van der Waals surface area contributed by atoms with Gasteiger partial charge in [-0.05, 0) is 95.2 Å². The molecule has 0 aliphatic heterocycles. The number of hydrogen-bond donors (Lipinski definition) is 0. The molecule has 0 heterocycles. The smallest absolute Gasteiger partial charge is 0.308 e. The molecule has 0 spiro atoms. The molecular weight excluding hydrogens is 711 g/mol. The number of nitrogens with zero attached hydrogens (tertiary/aromatic N) is 1. The molecule has 7 nitrogen and oxygen atoms in total. The zero-order valence-corrected chi connectivity index (χ0v) is 38.0. The number of unbranched alkanes of at least 4 members (excludes halogenated alkanes) is 16. The predicted octanol–water partition coefficient (Wildman–Crippen LogP) is 13.4. The van der Waals surface area contributed by atoms with Gasteiger partial charge in [-0.1, -0.05) is 161 Å². The molecule has 3 atom stereocenters. The lowest BCUT2D eigenvalue weighted by Crippen LogP contribution is -2.23. The SMILES string of the molecule is C=C=C=C=CC(CCCCC)CCOC(=O)CCCCCCCCCC(CCCCCCCCCC(=O)OCCC(C)CCCCC)C(=O)OCCCN(C)CC. The Balaban J connectivity index is 4.25. The molecule has 0 N–H and O–H groups in total. The predicted molar refractivity (Wildman–Crippen MR) is 238 cm³/mol. The van der Waals surface area contributed by atoms with Gasteiger partial charge < -0.3 is 19.1 Å². The van der Waals surface area contributed by atoms with Crippen LogP contribution in [-0.4, -0.2) is 62.8 Å². The summed E-state index contributed by atoms with van der Waals surface area (Å²) in [6.45, 7) is 15.8. The van der Waals surface area contributed by atoms with Crippen LogP contribution in [0.15, 0.2) is 29.8 Å². The summed E-state index contributed by atoms with van der Waals surface area (Å²) in [4.78, 5) is 39.7. The van der Waals surface area contributed by atoms with Crippen LogP contribution >= 0.6 is 0 Å². The molecule has 0 aromatic carbocycles. The summed E-state index contributed by atoms with van der Waals surface area (Å²) in [6.07, 6.45) is 32.4. The first-order chi connectivity index (χ1) is 27.8. The minimum absolute atomic E-state index is 0.00616. The molecule has 57 heavy (non-hydrogen) atoms. The molecule has 0 fully saturated rings. The highest BCUT2D eigenvalue weighted by Gasteiger charge is 2.19. The van der Waals surface area contributed by atoms with Gasteiger partial charge in [-0.25, -0.2) is 0 Å². The highest BCUT2D eigenvalue weighted by atomic mass is 16.5. The zero-order valence-electron chi connectivity index (χ0n) is 38.0. The fourth-order valence-corrected chi connectivity index (χ4v) is 7.16. The van der Waals surface area contributed by atoms with Crippen molar-refractivity contribution in [3.8, 4) is 0 Å². The van der Waals surface area contributed by atoms with Crippen molar-refractivity contribution in [2.24, 2.45) is 17.8 Å². The van der Waals surface area contributed by atoms with Crippen molar-refractivity contribution in [1.29, 1.82) is 0 Å². The standard InChI is InChI=1S/C50H89NO6/c1-7-11-24-32-45(5)39-43-55-48(52)37-29-22-18-14-16-20-27-35-47(50(54)57-42-31-41-51(6)10-4)36-28-21-17-15-19-23-30-38-49(53)56-44-40-46(33-25-12-8-2)34-26-13-9-3/h33,45-47H,2,7,9-11,13-24,26-32,34-44H2,1,3-6H3. The maximum Gasteiger partial charge on any atom is 0.308 e. The maximum absolute atomic E-state index is 13.1. The summed E-state index contributed by atoms with van der Waals surface area (Å²) in [5.74, 6) is 0.814. The van der Waals surface area contributed by atoms with Gasteiger partial charge in [0.25, 0.3) is 0 Å². The van der Waals surface area contributed by atoms with E-state index < -0.39 is 0 Å². The normalized spacial score (nSPS) is 12.6. The molecule has 7 heteroatoms. The van der Waals surface area contributed by atoms with E-state index in [0.717, 1.165) is 129 Å². The summed E-state index contributed by atoms with van der Waals surface area (Å²) < 4.78 is 16.8. The number of carbonyl (C=O) groups excluding carboxylic acids is 3. The maximum atomic E-state index is 13.1. The molecule has 0 radical (unpaired) electrons. The third-order valence-corrected chi connectivity index (χ3v) is 11.3. The lowest BCUT2D eigenvalue weighted by Gasteiger charge is -2.17. The number of hydrogen-bond acceptors (Lipinski definition) is 7. The Hall–Kier alpha value is -2.55. The molecule has 0 rings (SSSR count). The van der Waals surface area contributed by atoms with E-state index in [1.54, 1.807) is 0 Å². The molecule has 0 saturated heterocycles. The van der Waals surface area contributed by atoms with Crippen LogP contribution in [0.5, 0.6) is 0 Å². The van der Waals surface area contributed by atoms with Crippen LogP contribution in [0.1, 0.15) is 214 Å². The summed E-state index contributed by atoms with van der Waals surface area (Å²) >= 11 is 0. The van der Waals surface area contributed by atoms with E-state index >= 15 is 0 Å². The van der Waals surface area contributed by atoms with Crippen LogP contribution in [0.2, 0.25) is 0 Å². The lowest BCUT2D eigenvalue weighted by atomic mass is 9.94. The first-order valence-electron chi connectivity index (χ1n) is 23.8. The van der Waals surface area contributed by atoms with Crippen LogP contribution in [0, 0.1) is 17.8 Å². The third-order valence-electron chi connectivity index (χ3n) is 11.3. The highest BCUT2D eigenvalue weighted by molar-refractivity contribution is 5.72. The van der Waals surface area contributed by atoms with Gasteiger partial charge >= 0.3 is 17.9 Å². The van der Waals surface area contributed by atoms with Crippen molar-refractivity contribution in [2.75, 3.05) is 40.0 Å². The average Bonchev–Trinajstić information content (AvgIpc) is 3.20. The van der Waals surface area contributed by atoms with Crippen LogP contribution < -0.4 is 0 Å². The number of rotatable bonds is 41. The molecule has 0 aromatic rings. The third kappa shape index (κ3) is 37.5. The van der Waals surface area contributed by atoms with E-state index in [-0.39, 0.29) is 23.8 Å². The van der Waals surface area contributed by atoms with Gasteiger partial charge in [-0.15, -0.1) is 0 Å². The van der Waals surface area contributed by atoms with Crippen LogP contribution in [-0.2, 0) is 28.6 Å². The van der Waals surface area contributed by atoms with Crippen molar-refractivity contribution in [2.45, 2.75) is 214 Å². The monoisotopic (exact) mass is 800 g/mol. The highest BCUT2D eigenvalue weighted by Crippen LogP contribution is 2.22. The molecule has 0 amide bonds. The van der Waals surface area contributed by atoms with Crippen molar-refractivity contribution in [1.82, 2.24) is 4.90 Å². The second-order valence-electron chi connectivity index (χ2n) is 16.6. The average molecular weight is 800 g/mol. The Morgan fingerprint density at radius 1 is 0.579 bits per heavy atom. The van der Waals surface area contributed by atoms with E-state index in [4.69, 9.17) is 14.2 Å². The van der Waals surface area contributed by atoms with Crippen LogP contribution in [0.4, 0.5) is 0 Å². The topological polar surface area (TPSA) is 82.1 Å². The van der Waals surface area contributed by atoms with Crippen molar-refractivity contribution in [3.63, 3.8) is 0 Å². The van der Waals surface area contributed by atoms with Gasteiger partial charge in [0.2, 0.25) is 0 Å². The summed E-state index contributed by atoms with van der Waals surface area (Å²) in [5.41, 5.74) is 8.37. The lowest BCUT2D eigenvalue weighted by molar-refractivity contribution is -0.149. The first kappa shape index (κ1) is 54.5. The molecule has 0 saturated carbocycles. The van der Waals surface area contributed by atoms with Crippen LogP contribution in [0.3, 0.4) is 0 Å². The minimum Gasteiger partial charge on any atom is -0.466 e. The van der Waals surface area contributed by atoms with E-state index in [2.05, 4.69) is 63.4 Å². The Labute approximate surface area is 351 Å². The number of ether oxygens (including phenoxy) is 3. The molecule has 0 aliphatic carbocycles. The molecule has 330 valence electrons. The number of carbonyl (C=O) groups is 3. The van der Waals surface area contributed by atoms with Gasteiger partial charge in [-0.2, -0.15) is 0 Å². The largest absolute Gasteiger partial charge is 0.466 e. The first-order valence-corrected chi connectivity index (χ1v) is 23.8. The van der Waals surface area contributed by atoms with Crippen molar-refractivity contribution < 1.29 is 28.6 Å². The molecule has 3 unspecified atom stereocenters. The molecule has 0 bridgehead atoms. The second kappa shape index (κ2) is 41.6. The zero-order chi connectivity index (χ0) is 42.0. The Bertz CT molecular complexity index is 1090. The van der Waals surface area contributed by atoms with Gasteiger partial charge in [0.15, 0.2) is 0 Å². The van der Waals surface area contributed by atoms with Crippen LogP contribution in [0.25, 0.3) is 0 Å². The van der Waals surface area contributed by atoms with Gasteiger partial charge in [0.1, 0.15) is 0 Å². The fourth-order valence-electron chi connectivity index (χ4n) is 7.16. The van der Waals surface area contributed by atoms with E-state index in [1.165, 1.54) is 57.8 Å². The van der Waals surface area contributed by atoms with Crippen molar-refractivity contribution in [3.05, 3.63) is 29.8 Å². The molecule has 0 aromatic heterocycles. The Morgan fingerprint density at radius 2 is 1.07 bits per heavy atom. The number of allylic oxidation sites excluding steroid dienone is 1. The summed E-state index contributed by atoms with van der Waals surface area (Å²) in [5, 5.41) is 0. The van der Waals surface area contributed by atoms with Crippen molar-refractivity contribution >= 4 is 17.9 Å². The minimum atomic E-state index is -0.0919. The van der Waals surface area contributed by atoms with E-state index in [9.17, 15) is 14.4 Å². The Kier molecular flexibility index (Phi) is 39.7. The molecule has 0 aliphatic rings. The quantitative estimate of drug-likeness (QED) is 0.0264. The van der Waals surface area contributed by atoms with E-state index in [1.807, 2.05) is 6.08 Å². The van der Waals surface area contributed by atoms with Gasteiger partial charge in [0, 0.05) is 19.4 Å². The van der Waals surface area contributed by atoms with E-state index in [0.29, 0.717) is 44.5 Å². The number of esters is 3. The summed E-state index contributed by atoms with van der Waals surface area (Å²) in [6, 6.07) is 0. The van der Waals surface area contributed by atoms with Gasteiger partial charge in [0.05, 0.1) is 25.7 Å². The molecular formula is C50H89NO6. The second-order valence-corrected chi connectivity index (χ2v) is 16.6. The fraction of sp³-hybridized carbons (Fsp3) is 0.840.